The summed E-state index contributed by atoms with van der Waals surface area (Å²) in [5, 5.41) is 15.6. The third-order valence-corrected chi connectivity index (χ3v) is 4.38. The number of halogens is 1. The number of rotatable bonds is 4. The zero-order valence-corrected chi connectivity index (χ0v) is 14.4. The van der Waals surface area contributed by atoms with E-state index in [2.05, 4.69) is 25.6 Å². The number of hydrogen-bond acceptors (Lipinski definition) is 6. The quantitative estimate of drug-likeness (QED) is 0.684. The molecule has 2 N–H and O–H groups in total. The highest BCUT2D eigenvalue weighted by molar-refractivity contribution is 7.99. The third kappa shape index (κ3) is 3.41. The zero-order valence-electron chi connectivity index (χ0n) is 12.8. The van der Waals surface area contributed by atoms with Gasteiger partial charge < -0.3 is 5.32 Å². The van der Waals surface area contributed by atoms with Gasteiger partial charge in [0.25, 0.3) is 11.3 Å². The Morgan fingerprint density at radius 3 is 2.96 bits per heavy atom. The minimum atomic E-state index is -0.319. The van der Waals surface area contributed by atoms with E-state index in [1.54, 1.807) is 19.1 Å². The van der Waals surface area contributed by atoms with Crippen LogP contribution in [-0.2, 0) is 4.79 Å². The van der Waals surface area contributed by atoms with E-state index in [4.69, 9.17) is 11.6 Å². The van der Waals surface area contributed by atoms with Crippen LogP contribution in [0.15, 0.2) is 28.2 Å². The molecule has 0 saturated heterocycles. The van der Waals surface area contributed by atoms with E-state index in [1.807, 2.05) is 13.0 Å². The van der Waals surface area contributed by atoms with Gasteiger partial charge in [-0.05, 0) is 31.5 Å². The normalized spacial score (nSPS) is 11.0. The van der Waals surface area contributed by atoms with E-state index in [0.29, 0.717) is 21.6 Å². The molecule has 124 valence electrons. The van der Waals surface area contributed by atoms with E-state index in [1.165, 1.54) is 16.3 Å². The van der Waals surface area contributed by atoms with Crippen LogP contribution in [0.3, 0.4) is 0 Å². The number of benzene rings is 1. The molecule has 0 bridgehead atoms. The molecular weight excluding hydrogens is 352 g/mol. The molecule has 2 heterocycles. The van der Waals surface area contributed by atoms with Crippen molar-refractivity contribution in [2.75, 3.05) is 11.1 Å². The predicted octanol–water partition coefficient (Wildman–Crippen LogP) is 1.81. The summed E-state index contributed by atoms with van der Waals surface area (Å²) in [5.41, 5.74) is 1.56. The van der Waals surface area contributed by atoms with Crippen LogP contribution in [0.1, 0.15) is 11.3 Å². The van der Waals surface area contributed by atoms with Gasteiger partial charge in [0.1, 0.15) is 5.69 Å². The molecule has 3 aromatic rings. The minimum absolute atomic E-state index is 0.118. The van der Waals surface area contributed by atoms with Gasteiger partial charge >= 0.3 is 0 Å². The summed E-state index contributed by atoms with van der Waals surface area (Å²) in [6.45, 7) is 3.47. The average Bonchev–Trinajstić information content (AvgIpc) is 2.91. The van der Waals surface area contributed by atoms with Crippen LogP contribution in [0, 0.1) is 13.8 Å². The molecule has 2 aromatic heterocycles. The highest BCUT2D eigenvalue weighted by Gasteiger charge is 2.12. The van der Waals surface area contributed by atoms with Gasteiger partial charge in [0.15, 0.2) is 0 Å². The maximum Gasteiger partial charge on any atom is 0.273 e. The average molecular weight is 365 g/mol. The summed E-state index contributed by atoms with van der Waals surface area (Å²) >= 11 is 7.10. The molecule has 0 aliphatic rings. The van der Waals surface area contributed by atoms with E-state index in [9.17, 15) is 9.59 Å². The number of anilines is 1. The number of amides is 1. The highest BCUT2D eigenvalue weighted by atomic mass is 35.5. The Morgan fingerprint density at radius 1 is 1.38 bits per heavy atom. The molecule has 3 rings (SSSR count). The molecule has 0 fully saturated rings. The van der Waals surface area contributed by atoms with Crippen LogP contribution < -0.4 is 10.9 Å². The number of nitrogens with one attached hydrogen (secondary N) is 2. The lowest BCUT2D eigenvalue weighted by molar-refractivity contribution is -0.113. The van der Waals surface area contributed by atoms with Gasteiger partial charge in [-0.2, -0.15) is 9.61 Å². The van der Waals surface area contributed by atoms with Gasteiger partial charge in [0.2, 0.25) is 11.1 Å². The number of thioether (sulfide) groups is 1. The summed E-state index contributed by atoms with van der Waals surface area (Å²) in [5.74, 6) is 0.148. The number of aromatic amines is 1. The Balaban J connectivity index is 1.71. The number of H-pyrrole nitrogens is 1. The number of carbonyl (C=O) groups is 1. The standard InChI is InChI=1S/C14H13ClN6O2S/c1-7-3-4-9(15)5-10(7)16-11(22)6-24-14-19-18-13-17-12(23)8(2)20-21(13)14/h3-5H,6H2,1-2H3,(H,16,22)(H,17,18,23). The Labute approximate surface area is 145 Å². The molecule has 0 atom stereocenters. The van der Waals surface area contributed by atoms with Crippen molar-refractivity contribution in [1.29, 1.82) is 0 Å². The van der Waals surface area contributed by atoms with Crippen LogP contribution in [0.5, 0.6) is 0 Å². The summed E-state index contributed by atoms with van der Waals surface area (Å²) < 4.78 is 1.40. The lowest BCUT2D eigenvalue weighted by Crippen LogP contribution is -2.17. The van der Waals surface area contributed by atoms with Crippen LogP contribution in [0.2, 0.25) is 5.02 Å². The zero-order chi connectivity index (χ0) is 17.3. The molecule has 1 amide bonds. The number of hydrogen-bond donors (Lipinski definition) is 2. The summed E-state index contributed by atoms with van der Waals surface area (Å²) in [6, 6.07) is 5.29. The first-order valence-electron chi connectivity index (χ1n) is 6.95. The first kappa shape index (κ1) is 16.5. The fourth-order valence-corrected chi connectivity index (χ4v) is 2.81. The number of fused-ring (bicyclic) bond motifs is 1. The number of aryl methyl sites for hydroxylation is 2. The molecule has 10 heteroatoms. The molecule has 8 nitrogen and oxygen atoms in total. The summed E-state index contributed by atoms with van der Waals surface area (Å²) in [6.07, 6.45) is 0. The van der Waals surface area contributed by atoms with Crippen molar-refractivity contribution in [3.63, 3.8) is 0 Å². The van der Waals surface area contributed by atoms with E-state index in [-0.39, 0.29) is 23.0 Å². The van der Waals surface area contributed by atoms with Gasteiger partial charge in [0, 0.05) is 10.7 Å². The Morgan fingerprint density at radius 2 is 2.17 bits per heavy atom. The highest BCUT2D eigenvalue weighted by Crippen LogP contribution is 2.21. The smallest absolute Gasteiger partial charge is 0.273 e. The summed E-state index contributed by atoms with van der Waals surface area (Å²) in [7, 11) is 0. The van der Waals surface area contributed by atoms with Gasteiger partial charge in [-0.15, -0.1) is 10.2 Å². The van der Waals surface area contributed by atoms with Crippen molar-refractivity contribution in [3.05, 3.63) is 44.8 Å². The maximum absolute atomic E-state index is 12.1. The fraction of sp³-hybridized carbons (Fsp3) is 0.214. The second-order valence-corrected chi connectivity index (χ2v) is 6.43. The van der Waals surface area contributed by atoms with Gasteiger partial charge in [-0.25, -0.2) is 0 Å². The monoisotopic (exact) mass is 364 g/mol. The van der Waals surface area contributed by atoms with Gasteiger partial charge in [-0.1, -0.05) is 29.4 Å². The Hall–Kier alpha value is -2.39. The number of aromatic nitrogens is 5. The van der Waals surface area contributed by atoms with E-state index < -0.39 is 0 Å². The van der Waals surface area contributed by atoms with Crippen molar-refractivity contribution >= 4 is 40.7 Å². The Bertz CT molecular complexity index is 983. The van der Waals surface area contributed by atoms with Crippen molar-refractivity contribution in [1.82, 2.24) is 24.8 Å². The number of carbonyl (C=O) groups excluding carboxylic acids is 1. The second kappa shape index (κ2) is 6.62. The lowest BCUT2D eigenvalue weighted by Gasteiger charge is -2.08. The van der Waals surface area contributed by atoms with Crippen molar-refractivity contribution < 1.29 is 4.79 Å². The minimum Gasteiger partial charge on any atom is -0.325 e. The largest absolute Gasteiger partial charge is 0.325 e. The molecule has 24 heavy (non-hydrogen) atoms. The Kier molecular flexibility index (Phi) is 4.54. The lowest BCUT2D eigenvalue weighted by atomic mass is 10.2. The molecule has 0 saturated carbocycles. The van der Waals surface area contributed by atoms with E-state index >= 15 is 0 Å². The molecule has 0 aliphatic heterocycles. The first-order valence-corrected chi connectivity index (χ1v) is 8.31. The third-order valence-electron chi connectivity index (χ3n) is 3.22. The molecule has 0 radical (unpaired) electrons. The second-order valence-electron chi connectivity index (χ2n) is 5.05. The van der Waals surface area contributed by atoms with Crippen LogP contribution in [0.25, 0.3) is 5.78 Å². The maximum atomic E-state index is 12.1. The molecule has 0 spiro atoms. The number of nitrogens with zero attached hydrogens (tertiary/aromatic N) is 4. The summed E-state index contributed by atoms with van der Waals surface area (Å²) in [4.78, 5) is 26.2. The topological polar surface area (TPSA) is 105 Å². The predicted molar refractivity (Wildman–Crippen MR) is 91.7 cm³/mol. The van der Waals surface area contributed by atoms with Crippen molar-refractivity contribution in [2.24, 2.45) is 0 Å². The van der Waals surface area contributed by atoms with Crippen LogP contribution >= 0.6 is 23.4 Å². The SMILES string of the molecule is Cc1ccc(Cl)cc1NC(=O)CSc1nnc2[nH]c(=O)c(C)nn12. The van der Waals surface area contributed by atoms with Crippen LogP contribution in [0.4, 0.5) is 5.69 Å². The van der Waals surface area contributed by atoms with Gasteiger partial charge in [0.05, 0.1) is 5.75 Å². The molecule has 0 unspecified atom stereocenters. The van der Waals surface area contributed by atoms with Gasteiger partial charge in [-0.3, -0.25) is 14.6 Å². The van der Waals surface area contributed by atoms with Crippen LogP contribution in [-0.4, -0.2) is 36.5 Å². The fourth-order valence-electron chi connectivity index (χ4n) is 1.96. The molecule has 1 aromatic carbocycles. The van der Waals surface area contributed by atoms with Crippen molar-refractivity contribution in [2.45, 2.75) is 19.0 Å². The molecular formula is C14H13ClN6O2S. The first-order chi connectivity index (χ1) is 11.4. The molecule has 0 aliphatic carbocycles. The van der Waals surface area contributed by atoms with E-state index in [0.717, 1.165) is 5.56 Å². The van der Waals surface area contributed by atoms with Crippen molar-refractivity contribution in [3.8, 4) is 0 Å².